The molecule has 0 unspecified atom stereocenters. The average Bonchev–Trinajstić information content (AvgIpc) is 3.18. The molecule has 0 atom stereocenters. The summed E-state index contributed by atoms with van der Waals surface area (Å²) in [5, 5.41) is 7.12. The number of aliphatic imine (C=N–C) groups is 1. The molecule has 1 heterocycles. The van der Waals surface area contributed by atoms with Crippen LogP contribution in [0.1, 0.15) is 30.7 Å². The number of H-pyrrole nitrogens is 1. The summed E-state index contributed by atoms with van der Waals surface area (Å²) in [5.74, 6) is -0.274. The Kier molecular flexibility index (Phi) is 7.85. The zero-order chi connectivity index (χ0) is 20.4. The maximum atomic E-state index is 13.1. The van der Waals surface area contributed by atoms with Crippen molar-refractivity contribution in [2.45, 2.75) is 13.8 Å². The van der Waals surface area contributed by atoms with Gasteiger partial charge in [-0.15, -0.1) is 0 Å². The molecule has 142 valence electrons. The molecule has 0 aliphatic carbocycles. The molecule has 0 saturated carbocycles. The first kappa shape index (κ1) is 20.8. The molecule has 0 radical (unpaired) electrons. The number of hydrogen-bond acceptors (Lipinski definition) is 2. The highest BCUT2D eigenvalue weighted by Gasteiger charge is 2.05. The average molecular weight is 373 g/mol. The standard InChI is InChI=1S/C24H24FN3/c1-5-8-9-19(6-2)10-11-22-17-27-28-24(22)18(4)26-16-20(7-3)21-12-14-23(25)15-13-21/h5-17H,1,3H2,2,4H3,(H,27,28)/b9-8-,11-10+,19-6+,20-16+,26-18?. The van der Waals surface area contributed by atoms with Crippen molar-refractivity contribution in [1.82, 2.24) is 10.2 Å². The maximum Gasteiger partial charge on any atom is 0.123 e. The quantitative estimate of drug-likeness (QED) is 0.429. The summed E-state index contributed by atoms with van der Waals surface area (Å²) < 4.78 is 13.1. The van der Waals surface area contributed by atoms with Gasteiger partial charge in [0, 0.05) is 11.8 Å². The first-order valence-electron chi connectivity index (χ1n) is 8.89. The molecule has 0 saturated heterocycles. The van der Waals surface area contributed by atoms with Crippen LogP contribution in [0, 0.1) is 5.82 Å². The van der Waals surface area contributed by atoms with Crippen LogP contribution in [0.5, 0.6) is 0 Å². The second-order valence-corrected chi connectivity index (χ2v) is 5.93. The molecule has 0 spiro atoms. The lowest BCUT2D eigenvalue weighted by Crippen LogP contribution is -1.97. The Labute approximate surface area is 165 Å². The van der Waals surface area contributed by atoms with Crippen molar-refractivity contribution in [3.63, 3.8) is 0 Å². The zero-order valence-corrected chi connectivity index (χ0v) is 16.2. The smallest absolute Gasteiger partial charge is 0.123 e. The fraction of sp³-hybridized carbons (Fsp3) is 0.0833. The third kappa shape index (κ3) is 5.74. The molecule has 1 aromatic carbocycles. The van der Waals surface area contributed by atoms with Gasteiger partial charge in [0.15, 0.2) is 0 Å². The van der Waals surface area contributed by atoms with Crippen LogP contribution in [0.25, 0.3) is 11.6 Å². The van der Waals surface area contributed by atoms with Gasteiger partial charge in [0.2, 0.25) is 0 Å². The van der Waals surface area contributed by atoms with Gasteiger partial charge in [0.05, 0.1) is 17.6 Å². The first-order valence-corrected chi connectivity index (χ1v) is 8.89. The third-order valence-electron chi connectivity index (χ3n) is 4.04. The van der Waals surface area contributed by atoms with E-state index < -0.39 is 0 Å². The summed E-state index contributed by atoms with van der Waals surface area (Å²) in [6.45, 7) is 11.4. The van der Waals surface area contributed by atoms with Crippen LogP contribution in [0.15, 0.2) is 96.8 Å². The van der Waals surface area contributed by atoms with E-state index in [0.717, 1.165) is 33.7 Å². The first-order chi connectivity index (χ1) is 13.6. The molecular formula is C24H24FN3. The van der Waals surface area contributed by atoms with E-state index in [0.29, 0.717) is 0 Å². The Bertz CT molecular complexity index is 968. The Hall–Kier alpha value is -3.53. The van der Waals surface area contributed by atoms with Crippen molar-refractivity contribution in [3.8, 4) is 0 Å². The fourth-order valence-corrected chi connectivity index (χ4v) is 2.44. The van der Waals surface area contributed by atoms with Gasteiger partial charge in [0.1, 0.15) is 5.82 Å². The summed E-state index contributed by atoms with van der Waals surface area (Å²) in [5.41, 5.74) is 5.27. The Balaban J connectivity index is 2.27. The van der Waals surface area contributed by atoms with E-state index in [1.807, 2.05) is 44.2 Å². The predicted octanol–water partition coefficient (Wildman–Crippen LogP) is 6.29. The fourth-order valence-electron chi connectivity index (χ4n) is 2.44. The van der Waals surface area contributed by atoms with Crippen LogP contribution in [-0.2, 0) is 0 Å². The van der Waals surface area contributed by atoms with Gasteiger partial charge in [-0.25, -0.2) is 4.39 Å². The van der Waals surface area contributed by atoms with Crippen molar-refractivity contribution < 1.29 is 4.39 Å². The van der Waals surface area contributed by atoms with Gasteiger partial charge in [-0.1, -0.05) is 67.8 Å². The molecular weight excluding hydrogens is 349 g/mol. The molecule has 1 aromatic heterocycles. The number of nitrogens with one attached hydrogen (secondary N) is 1. The number of aromatic amines is 1. The molecule has 0 aliphatic heterocycles. The van der Waals surface area contributed by atoms with Crippen molar-refractivity contribution >= 4 is 17.4 Å². The number of hydrogen-bond donors (Lipinski definition) is 1. The normalized spacial score (nSPS) is 13.5. The minimum Gasteiger partial charge on any atom is -0.276 e. The number of aromatic nitrogens is 2. The zero-order valence-electron chi connectivity index (χ0n) is 16.2. The van der Waals surface area contributed by atoms with E-state index in [-0.39, 0.29) is 5.82 Å². The second-order valence-electron chi connectivity index (χ2n) is 5.93. The molecule has 2 rings (SSSR count). The Morgan fingerprint density at radius 2 is 1.93 bits per heavy atom. The number of allylic oxidation sites excluding steroid dienone is 8. The van der Waals surface area contributed by atoms with Crippen LogP contribution < -0.4 is 0 Å². The number of nitrogens with zero attached hydrogens (tertiary/aromatic N) is 2. The molecule has 4 heteroatoms. The lowest BCUT2D eigenvalue weighted by Gasteiger charge is -2.02. The highest BCUT2D eigenvalue weighted by molar-refractivity contribution is 6.00. The minimum atomic E-state index is -0.274. The van der Waals surface area contributed by atoms with Crippen molar-refractivity contribution in [1.29, 1.82) is 0 Å². The lowest BCUT2D eigenvalue weighted by molar-refractivity contribution is 0.627. The molecule has 3 nitrogen and oxygen atoms in total. The lowest BCUT2D eigenvalue weighted by atomic mass is 10.1. The number of halogens is 1. The van der Waals surface area contributed by atoms with E-state index >= 15 is 0 Å². The number of benzene rings is 1. The molecule has 0 fully saturated rings. The largest absolute Gasteiger partial charge is 0.276 e. The summed E-state index contributed by atoms with van der Waals surface area (Å²) in [4.78, 5) is 4.54. The van der Waals surface area contributed by atoms with Gasteiger partial charge < -0.3 is 0 Å². The van der Waals surface area contributed by atoms with E-state index in [1.165, 1.54) is 12.1 Å². The highest BCUT2D eigenvalue weighted by atomic mass is 19.1. The predicted molar refractivity (Wildman–Crippen MR) is 118 cm³/mol. The summed E-state index contributed by atoms with van der Waals surface area (Å²) >= 11 is 0. The van der Waals surface area contributed by atoms with E-state index in [4.69, 9.17) is 0 Å². The van der Waals surface area contributed by atoms with E-state index in [1.54, 1.807) is 36.7 Å². The highest BCUT2D eigenvalue weighted by Crippen LogP contribution is 2.17. The monoisotopic (exact) mass is 373 g/mol. The molecule has 0 bridgehead atoms. The third-order valence-corrected chi connectivity index (χ3v) is 4.04. The maximum absolute atomic E-state index is 13.1. The van der Waals surface area contributed by atoms with Crippen LogP contribution in [0.2, 0.25) is 0 Å². The molecule has 0 aliphatic rings. The van der Waals surface area contributed by atoms with Crippen LogP contribution >= 0.6 is 0 Å². The number of rotatable bonds is 8. The second kappa shape index (κ2) is 10.6. The minimum absolute atomic E-state index is 0.274. The van der Waals surface area contributed by atoms with E-state index in [2.05, 4.69) is 28.3 Å². The topological polar surface area (TPSA) is 41.0 Å². The van der Waals surface area contributed by atoms with Gasteiger partial charge in [-0.05, 0) is 42.7 Å². The van der Waals surface area contributed by atoms with E-state index in [9.17, 15) is 4.39 Å². The van der Waals surface area contributed by atoms with Crippen molar-refractivity contribution in [2.75, 3.05) is 0 Å². The summed E-state index contributed by atoms with van der Waals surface area (Å²) in [7, 11) is 0. The van der Waals surface area contributed by atoms with Crippen LogP contribution in [-0.4, -0.2) is 15.9 Å². The SMILES string of the molecule is C=C\C=C/C(/C=C/c1cn[nH]c1C(C)=N/C=C(\C=C)c1ccc(F)cc1)=C\C. The Morgan fingerprint density at radius 1 is 1.18 bits per heavy atom. The van der Waals surface area contributed by atoms with Crippen LogP contribution in [0.4, 0.5) is 4.39 Å². The van der Waals surface area contributed by atoms with Gasteiger partial charge >= 0.3 is 0 Å². The van der Waals surface area contributed by atoms with Gasteiger partial charge in [-0.3, -0.25) is 10.1 Å². The molecule has 2 aromatic rings. The van der Waals surface area contributed by atoms with Gasteiger partial charge in [-0.2, -0.15) is 5.10 Å². The van der Waals surface area contributed by atoms with Crippen molar-refractivity contribution in [2.24, 2.45) is 4.99 Å². The van der Waals surface area contributed by atoms with Gasteiger partial charge in [0.25, 0.3) is 0 Å². The summed E-state index contributed by atoms with van der Waals surface area (Å²) in [6.07, 6.45) is 16.8. The molecule has 0 amide bonds. The molecule has 1 N–H and O–H groups in total. The van der Waals surface area contributed by atoms with Crippen LogP contribution in [0.3, 0.4) is 0 Å². The molecule has 28 heavy (non-hydrogen) atoms. The summed E-state index contributed by atoms with van der Waals surface area (Å²) in [6, 6.07) is 6.24. The van der Waals surface area contributed by atoms with Crippen molar-refractivity contribution in [3.05, 3.63) is 114 Å². The Morgan fingerprint density at radius 3 is 2.57 bits per heavy atom.